The summed E-state index contributed by atoms with van der Waals surface area (Å²) in [6.07, 6.45) is 6.48. The fourth-order valence-corrected chi connectivity index (χ4v) is 2.65. The second-order valence-corrected chi connectivity index (χ2v) is 6.18. The highest BCUT2D eigenvalue weighted by Gasteiger charge is 2.35. The van der Waals surface area contributed by atoms with Crippen LogP contribution in [0.2, 0.25) is 0 Å². The molecule has 1 nitrogen and oxygen atoms in total. The molecule has 0 aliphatic heterocycles. The van der Waals surface area contributed by atoms with Crippen molar-refractivity contribution >= 4 is 0 Å². The third-order valence-corrected chi connectivity index (χ3v) is 4.67. The van der Waals surface area contributed by atoms with Crippen LogP contribution in [0.4, 0.5) is 0 Å². The Kier molecular flexibility index (Phi) is 4.61. The Morgan fingerprint density at radius 2 is 2.12 bits per heavy atom. The summed E-state index contributed by atoms with van der Waals surface area (Å²) in [6.45, 7) is 11.3. The number of hydrogen-bond donors (Lipinski definition) is 1. The zero-order valence-corrected chi connectivity index (χ0v) is 11.6. The summed E-state index contributed by atoms with van der Waals surface area (Å²) in [5.41, 5.74) is 1.78. The number of allylic oxidation sites excluding steroid dienone is 2. The fraction of sp³-hybridized carbons (Fsp3) is 0.867. The summed E-state index contributed by atoms with van der Waals surface area (Å²) < 4.78 is 0. The van der Waals surface area contributed by atoms with E-state index in [1.54, 1.807) is 0 Å². The van der Waals surface area contributed by atoms with E-state index in [4.69, 9.17) is 0 Å². The SMILES string of the molecule is CCC(C)CC(O)CC1CC=C(C)C1(C)C. The van der Waals surface area contributed by atoms with Gasteiger partial charge in [0, 0.05) is 0 Å². The van der Waals surface area contributed by atoms with Crippen molar-refractivity contribution in [2.24, 2.45) is 17.3 Å². The van der Waals surface area contributed by atoms with Gasteiger partial charge in [-0.3, -0.25) is 0 Å². The highest BCUT2D eigenvalue weighted by Crippen LogP contribution is 2.45. The average molecular weight is 224 g/mol. The molecule has 0 aromatic heterocycles. The van der Waals surface area contributed by atoms with Crippen LogP contribution in [0.25, 0.3) is 0 Å². The maximum atomic E-state index is 10.1. The number of rotatable bonds is 5. The van der Waals surface area contributed by atoms with Gasteiger partial charge in [-0.1, -0.05) is 45.8 Å². The summed E-state index contributed by atoms with van der Waals surface area (Å²) in [7, 11) is 0. The molecule has 3 atom stereocenters. The second-order valence-electron chi connectivity index (χ2n) is 6.18. The zero-order valence-electron chi connectivity index (χ0n) is 11.6. The van der Waals surface area contributed by atoms with Crippen LogP contribution in [-0.4, -0.2) is 11.2 Å². The summed E-state index contributed by atoms with van der Waals surface area (Å²) in [5, 5.41) is 10.1. The van der Waals surface area contributed by atoms with E-state index < -0.39 is 0 Å². The Bertz CT molecular complexity index is 252. The lowest BCUT2D eigenvalue weighted by atomic mass is 9.74. The quantitative estimate of drug-likeness (QED) is 0.695. The Morgan fingerprint density at radius 3 is 2.56 bits per heavy atom. The Hall–Kier alpha value is -0.300. The highest BCUT2D eigenvalue weighted by molar-refractivity contribution is 5.18. The maximum absolute atomic E-state index is 10.1. The lowest BCUT2D eigenvalue weighted by molar-refractivity contribution is 0.0944. The number of aliphatic hydroxyl groups is 1. The molecule has 0 spiro atoms. The monoisotopic (exact) mass is 224 g/mol. The van der Waals surface area contributed by atoms with Crippen molar-refractivity contribution in [1.82, 2.24) is 0 Å². The maximum Gasteiger partial charge on any atom is 0.0545 e. The predicted molar refractivity (Wildman–Crippen MR) is 70.3 cm³/mol. The van der Waals surface area contributed by atoms with Crippen LogP contribution >= 0.6 is 0 Å². The summed E-state index contributed by atoms with van der Waals surface area (Å²) in [6, 6.07) is 0. The van der Waals surface area contributed by atoms with Gasteiger partial charge in [-0.15, -0.1) is 0 Å². The second kappa shape index (κ2) is 5.35. The first-order chi connectivity index (χ1) is 7.37. The van der Waals surface area contributed by atoms with Crippen LogP contribution in [-0.2, 0) is 0 Å². The van der Waals surface area contributed by atoms with Gasteiger partial charge >= 0.3 is 0 Å². The standard InChI is InChI=1S/C15H28O/c1-6-11(2)9-14(16)10-13-8-7-12(3)15(13,4)5/h7,11,13-14,16H,6,8-10H2,1-5H3. The van der Waals surface area contributed by atoms with Crippen molar-refractivity contribution in [2.75, 3.05) is 0 Å². The van der Waals surface area contributed by atoms with E-state index >= 15 is 0 Å². The lowest BCUT2D eigenvalue weighted by Gasteiger charge is -2.31. The minimum atomic E-state index is -0.112. The molecule has 1 aliphatic rings. The normalized spacial score (nSPS) is 27.6. The molecular weight excluding hydrogens is 196 g/mol. The van der Waals surface area contributed by atoms with Gasteiger partial charge in [0.15, 0.2) is 0 Å². The Balaban J connectivity index is 2.44. The molecule has 0 bridgehead atoms. The van der Waals surface area contributed by atoms with Crippen molar-refractivity contribution in [2.45, 2.75) is 66.4 Å². The van der Waals surface area contributed by atoms with E-state index in [0.29, 0.717) is 11.8 Å². The van der Waals surface area contributed by atoms with E-state index in [-0.39, 0.29) is 11.5 Å². The van der Waals surface area contributed by atoms with Crippen molar-refractivity contribution in [3.05, 3.63) is 11.6 Å². The molecule has 0 saturated carbocycles. The zero-order chi connectivity index (χ0) is 12.3. The first kappa shape index (κ1) is 13.8. The molecule has 94 valence electrons. The minimum Gasteiger partial charge on any atom is -0.393 e. The topological polar surface area (TPSA) is 20.2 Å². The molecule has 0 heterocycles. The Morgan fingerprint density at radius 1 is 1.50 bits per heavy atom. The highest BCUT2D eigenvalue weighted by atomic mass is 16.3. The predicted octanol–water partition coefficient (Wildman–Crippen LogP) is 4.17. The summed E-state index contributed by atoms with van der Waals surface area (Å²) in [5.74, 6) is 1.28. The van der Waals surface area contributed by atoms with Crippen molar-refractivity contribution < 1.29 is 5.11 Å². The van der Waals surface area contributed by atoms with Crippen LogP contribution in [0.15, 0.2) is 11.6 Å². The van der Waals surface area contributed by atoms with E-state index in [1.807, 2.05) is 0 Å². The molecule has 0 aromatic rings. The average Bonchev–Trinajstić information content (AvgIpc) is 2.44. The van der Waals surface area contributed by atoms with Gasteiger partial charge in [0.2, 0.25) is 0 Å². The van der Waals surface area contributed by atoms with Gasteiger partial charge < -0.3 is 5.11 Å². The summed E-state index contributed by atoms with van der Waals surface area (Å²) in [4.78, 5) is 0. The largest absolute Gasteiger partial charge is 0.393 e. The molecule has 3 unspecified atom stereocenters. The van der Waals surface area contributed by atoms with Crippen LogP contribution in [0.3, 0.4) is 0 Å². The minimum absolute atomic E-state index is 0.112. The van der Waals surface area contributed by atoms with Gasteiger partial charge in [0.05, 0.1) is 6.10 Å². The van der Waals surface area contributed by atoms with Crippen LogP contribution < -0.4 is 0 Å². The molecular formula is C15H28O. The summed E-state index contributed by atoms with van der Waals surface area (Å²) >= 11 is 0. The van der Waals surface area contributed by atoms with E-state index in [1.165, 1.54) is 12.0 Å². The van der Waals surface area contributed by atoms with Gasteiger partial charge in [-0.2, -0.15) is 0 Å². The van der Waals surface area contributed by atoms with Gasteiger partial charge in [0.25, 0.3) is 0 Å². The van der Waals surface area contributed by atoms with Gasteiger partial charge in [-0.05, 0) is 43.4 Å². The van der Waals surface area contributed by atoms with E-state index in [9.17, 15) is 5.11 Å². The molecule has 0 fully saturated rings. The van der Waals surface area contributed by atoms with Gasteiger partial charge in [-0.25, -0.2) is 0 Å². The molecule has 0 radical (unpaired) electrons. The first-order valence-corrected chi connectivity index (χ1v) is 6.73. The number of hydrogen-bond acceptors (Lipinski definition) is 1. The third kappa shape index (κ3) is 3.10. The van der Waals surface area contributed by atoms with Crippen LogP contribution in [0.5, 0.6) is 0 Å². The molecule has 1 N–H and O–H groups in total. The molecule has 0 saturated heterocycles. The molecule has 0 aromatic carbocycles. The van der Waals surface area contributed by atoms with E-state index in [0.717, 1.165) is 19.3 Å². The Labute approximate surface area is 101 Å². The molecule has 16 heavy (non-hydrogen) atoms. The lowest BCUT2D eigenvalue weighted by Crippen LogP contribution is -2.25. The smallest absolute Gasteiger partial charge is 0.0545 e. The van der Waals surface area contributed by atoms with Crippen molar-refractivity contribution in [1.29, 1.82) is 0 Å². The molecule has 1 aliphatic carbocycles. The fourth-order valence-electron chi connectivity index (χ4n) is 2.65. The molecule has 0 amide bonds. The van der Waals surface area contributed by atoms with Crippen molar-refractivity contribution in [3.63, 3.8) is 0 Å². The number of aliphatic hydroxyl groups excluding tert-OH is 1. The van der Waals surface area contributed by atoms with Gasteiger partial charge in [0.1, 0.15) is 0 Å². The molecule has 1 rings (SSSR count). The van der Waals surface area contributed by atoms with E-state index in [2.05, 4.69) is 40.7 Å². The third-order valence-electron chi connectivity index (χ3n) is 4.67. The van der Waals surface area contributed by atoms with Crippen molar-refractivity contribution in [3.8, 4) is 0 Å². The first-order valence-electron chi connectivity index (χ1n) is 6.73. The van der Waals surface area contributed by atoms with Crippen LogP contribution in [0.1, 0.15) is 60.3 Å². The molecule has 1 heteroatoms. The van der Waals surface area contributed by atoms with Crippen LogP contribution in [0, 0.1) is 17.3 Å².